The molecule has 4 nitrogen and oxygen atoms in total. The van der Waals surface area contributed by atoms with Gasteiger partial charge in [-0.05, 0) is 55.3 Å². The standard InChI is InChI=1S/C18H21NO3S2/c1-12-5-6-13(2)16(10-12)24(21,22)17(15-4-3-9-23-15)11-19-18(20)14-7-8-14/h3-6,9-10,14,17H,7-8,11H2,1-2H3,(H,19,20)/t17-/m1/s1. The van der Waals surface area contributed by atoms with E-state index in [1.807, 2.05) is 36.6 Å². The first-order valence-corrected chi connectivity index (χ1v) is 10.4. The average Bonchev–Trinajstić information content (AvgIpc) is 3.26. The smallest absolute Gasteiger partial charge is 0.223 e. The van der Waals surface area contributed by atoms with Crippen LogP contribution in [0, 0.1) is 19.8 Å². The molecule has 0 unspecified atom stereocenters. The van der Waals surface area contributed by atoms with Gasteiger partial charge in [-0.1, -0.05) is 18.2 Å². The van der Waals surface area contributed by atoms with Crippen LogP contribution in [0.25, 0.3) is 0 Å². The average molecular weight is 364 g/mol. The molecule has 24 heavy (non-hydrogen) atoms. The van der Waals surface area contributed by atoms with Crippen LogP contribution in [0.3, 0.4) is 0 Å². The van der Waals surface area contributed by atoms with E-state index in [4.69, 9.17) is 0 Å². The maximum Gasteiger partial charge on any atom is 0.223 e. The molecule has 1 amide bonds. The SMILES string of the molecule is Cc1ccc(C)c(S(=O)(=O)[C@H](CNC(=O)C2CC2)c2cccs2)c1. The lowest BCUT2D eigenvalue weighted by atomic mass is 10.2. The van der Waals surface area contributed by atoms with Crippen molar-refractivity contribution in [2.24, 2.45) is 5.92 Å². The lowest BCUT2D eigenvalue weighted by molar-refractivity contribution is -0.122. The Balaban J connectivity index is 1.94. The molecule has 3 rings (SSSR count). The van der Waals surface area contributed by atoms with Crippen LogP contribution in [0.15, 0.2) is 40.6 Å². The van der Waals surface area contributed by atoms with Crippen molar-refractivity contribution in [2.45, 2.75) is 36.8 Å². The Morgan fingerprint density at radius 2 is 2.04 bits per heavy atom. The summed E-state index contributed by atoms with van der Waals surface area (Å²) < 4.78 is 26.5. The molecule has 128 valence electrons. The van der Waals surface area contributed by atoms with Crippen molar-refractivity contribution in [3.8, 4) is 0 Å². The van der Waals surface area contributed by atoms with E-state index in [1.54, 1.807) is 13.0 Å². The maximum absolute atomic E-state index is 13.3. The number of thiophene rings is 1. The number of sulfone groups is 1. The van der Waals surface area contributed by atoms with Gasteiger partial charge in [-0.25, -0.2) is 8.42 Å². The molecular weight excluding hydrogens is 342 g/mol. The number of carbonyl (C=O) groups excluding carboxylic acids is 1. The Labute approximate surface area is 146 Å². The summed E-state index contributed by atoms with van der Waals surface area (Å²) in [5, 5.41) is 3.95. The topological polar surface area (TPSA) is 63.2 Å². The summed E-state index contributed by atoms with van der Waals surface area (Å²) in [4.78, 5) is 13.1. The predicted octanol–water partition coefficient (Wildman–Crippen LogP) is 3.41. The van der Waals surface area contributed by atoms with Gasteiger partial charge >= 0.3 is 0 Å². The molecule has 1 fully saturated rings. The fourth-order valence-corrected chi connectivity index (χ4v) is 5.80. The Kier molecular flexibility index (Phi) is 4.78. The number of amides is 1. The van der Waals surface area contributed by atoms with Crippen LogP contribution in [-0.4, -0.2) is 20.9 Å². The van der Waals surface area contributed by atoms with E-state index in [0.29, 0.717) is 4.90 Å². The summed E-state index contributed by atoms with van der Waals surface area (Å²) in [7, 11) is -3.58. The van der Waals surface area contributed by atoms with Crippen molar-refractivity contribution in [1.82, 2.24) is 5.32 Å². The van der Waals surface area contributed by atoms with Gasteiger partial charge in [0, 0.05) is 17.3 Å². The van der Waals surface area contributed by atoms with Gasteiger partial charge in [-0.3, -0.25) is 4.79 Å². The van der Waals surface area contributed by atoms with Gasteiger partial charge in [0.1, 0.15) is 5.25 Å². The number of carbonyl (C=O) groups is 1. The van der Waals surface area contributed by atoms with E-state index < -0.39 is 15.1 Å². The quantitative estimate of drug-likeness (QED) is 0.855. The Morgan fingerprint density at radius 1 is 1.29 bits per heavy atom. The first-order chi connectivity index (χ1) is 11.4. The maximum atomic E-state index is 13.3. The highest BCUT2D eigenvalue weighted by molar-refractivity contribution is 7.92. The summed E-state index contributed by atoms with van der Waals surface area (Å²) in [5.41, 5.74) is 1.64. The highest BCUT2D eigenvalue weighted by atomic mass is 32.2. The van der Waals surface area contributed by atoms with Crippen molar-refractivity contribution in [3.05, 3.63) is 51.7 Å². The molecule has 0 bridgehead atoms. The summed E-state index contributed by atoms with van der Waals surface area (Å²) in [6.07, 6.45) is 1.80. The second kappa shape index (κ2) is 6.69. The van der Waals surface area contributed by atoms with E-state index in [9.17, 15) is 13.2 Å². The Hall–Kier alpha value is -1.66. The molecule has 0 radical (unpaired) electrons. The molecule has 1 heterocycles. The van der Waals surface area contributed by atoms with Gasteiger partial charge in [0.15, 0.2) is 9.84 Å². The first kappa shape index (κ1) is 17.2. The molecule has 2 aromatic rings. The molecule has 1 aromatic carbocycles. The zero-order chi connectivity index (χ0) is 17.3. The number of rotatable bonds is 6. The molecule has 1 atom stereocenters. The van der Waals surface area contributed by atoms with Crippen LogP contribution in [0.1, 0.15) is 34.1 Å². The van der Waals surface area contributed by atoms with Gasteiger partial charge in [-0.15, -0.1) is 11.3 Å². The lowest BCUT2D eigenvalue weighted by Crippen LogP contribution is -2.32. The van der Waals surface area contributed by atoms with Gasteiger partial charge in [-0.2, -0.15) is 0 Å². The molecular formula is C18H21NO3S2. The van der Waals surface area contributed by atoms with E-state index in [1.165, 1.54) is 11.3 Å². The highest BCUT2D eigenvalue weighted by Crippen LogP contribution is 2.34. The molecule has 1 aliphatic carbocycles. The van der Waals surface area contributed by atoms with Gasteiger partial charge in [0.05, 0.1) is 4.90 Å². The second-order valence-electron chi connectivity index (χ2n) is 6.34. The van der Waals surface area contributed by atoms with Crippen LogP contribution in [0.5, 0.6) is 0 Å². The van der Waals surface area contributed by atoms with E-state index in [2.05, 4.69) is 5.32 Å². The van der Waals surface area contributed by atoms with Gasteiger partial charge in [0.25, 0.3) is 0 Å². The Bertz CT molecular complexity index is 837. The molecule has 6 heteroatoms. The first-order valence-electron chi connectivity index (χ1n) is 8.02. The molecule has 1 aromatic heterocycles. The normalized spacial score (nSPS) is 15.9. The third kappa shape index (κ3) is 3.54. The molecule has 1 aliphatic rings. The van der Waals surface area contributed by atoms with Crippen molar-refractivity contribution in [2.75, 3.05) is 6.54 Å². The van der Waals surface area contributed by atoms with Crippen LogP contribution in [-0.2, 0) is 14.6 Å². The fourth-order valence-electron chi connectivity index (χ4n) is 2.69. The monoisotopic (exact) mass is 363 g/mol. The van der Waals surface area contributed by atoms with E-state index in [-0.39, 0.29) is 18.4 Å². The molecule has 0 spiro atoms. The number of benzene rings is 1. The number of hydrogen-bond acceptors (Lipinski definition) is 4. The lowest BCUT2D eigenvalue weighted by Gasteiger charge is -2.19. The van der Waals surface area contributed by atoms with Gasteiger partial charge < -0.3 is 5.32 Å². The third-order valence-corrected chi connectivity index (χ3v) is 7.65. The predicted molar refractivity (Wildman–Crippen MR) is 95.9 cm³/mol. The van der Waals surface area contributed by atoms with E-state index in [0.717, 1.165) is 28.8 Å². The minimum absolute atomic E-state index is 0.0345. The number of aryl methyl sites for hydroxylation is 2. The van der Waals surface area contributed by atoms with Crippen LogP contribution in [0.2, 0.25) is 0 Å². The summed E-state index contributed by atoms with van der Waals surface area (Å²) in [5.74, 6) is 0.0325. The minimum Gasteiger partial charge on any atom is -0.354 e. The zero-order valence-electron chi connectivity index (χ0n) is 13.8. The fraction of sp³-hybridized carbons (Fsp3) is 0.389. The largest absolute Gasteiger partial charge is 0.354 e. The number of hydrogen-bond donors (Lipinski definition) is 1. The summed E-state index contributed by atoms with van der Waals surface area (Å²) in [6, 6.07) is 9.11. The molecule has 1 N–H and O–H groups in total. The minimum atomic E-state index is -3.58. The van der Waals surface area contributed by atoms with Crippen molar-refractivity contribution >= 4 is 27.1 Å². The molecule has 1 saturated carbocycles. The van der Waals surface area contributed by atoms with Crippen LogP contribution in [0.4, 0.5) is 0 Å². The zero-order valence-corrected chi connectivity index (χ0v) is 15.4. The second-order valence-corrected chi connectivity index (χ2v) is 9.42. The molecule has 0 aliphatic heterocycles. The van der Waals surface area contributed by atoms with Gasteiger partial charge in [0.2, 0.25) is 5.91 Å². The van der Waals surface area contributed by atoms with Crippen LogP contribution < -0.4 is 5.32 Å². The third-order valence-electron chi connectivity index (χ3n) is 4.30. The van der Waals surface area contributed by atoms with Crippen LogP contribution >= 0.6 is 11.3 Å². The molecule has 0 saturated heterocycles. The van der Waals surface area contributed by atoms with Crippen molar-refractivity contribution in [3.63, 3.8) is 0 Å². The van der Waals surface area contributed by atoms with Crippen molar-refractivity contribution in [1.29, 1.82) is 0 Å². The van der Waals surface area contributed by atoms with E-state index >= 15 is 0 Å². The number of nitrogens with one attached hydrogen (secondary N) is 1. The van der Waals surface area contributed by atoms with Crippen molar-refractivity contribution < 1.29 is 13.2 Å². The Morgan fingerprint density at radius 3 is 2.67 bits per heavy atom. The highest BCUT2D eigenvalue weighted by Gasteiger charge is 2.34. The summed E-state index contributed by atoms with van der Waals surface area (Å²) >= 11 is 1.41. The summed E-state index contributed by atoms with van der Waals surface area (Å²) in [6.45, 7) is 3.81.